The van der Waals surface area contributed by atoms with E-state index in [0.29, 0.717) is 31.4 Å². The van der Waals surface area contributed by atoms with Gasteiger partial charge in [0.1, 0.15) is 0 Å². The second-order valence-corrected chi connectivity index (χ2v) is 9.93. The van der Waals surface area contributed by atoms with Crippen LogP contribution >= 0.6 is 0 Å². The molecule has 4 aliphatic rings. The quantitative estimate of drug-likeness (QED) is 0.517. The largest absolute Gasteiger partial charge is 0.534 e. The number of methoxy groups -OCH3 is 1. The number of rotatable bonds is 3. The molecule has 1 spiro atoms. The molecule has 2 bridgehead atoms. The number of hydrogen-bond acceptors (Lipinski definition) is 7. The molecule has 164 valence electrons. The third-order valence-corrected chi connectivity index (χ3v) is 8.28. The normalized spacial score (nSPS) is 35.0. The Kier molecular flexibility index (Phi) is 3.94. The van der Waals surface area contributed by atoms with E-state index in [2.05, 4.69) is 9.08 Å². The van der Waals surface area contributed by atoms with E-state index in [-0.39, 0.29) is 24.0 Å². The van der Waals surface area contributed by atoms with E-state index in [9.17, 15) is 26.4 Å². The predicted molar refractivity (Wildman–Crippen MR) is 96.9 cm³/mol. The maximum atomic E-state index is 12.9. The molecule has 11 heteroatoms. The molecule has 2 fully saturated rings. The van der Waals surface area contributed by atoms with Crippen LogP contribution in [0.2, 0.25) is 0 Å². The van der Waals surface area contributed by atoms with Crippen LogP contribution in [0.5, 0.6) is 11.5 Å². The first kappa shape index (κ1) is 20.1. The molecule has 0 aromatic heterocycles. The van der Waals surface area contributed by atoms with Crippen molar-refractivity contribution in [3.05, 3.63) is 23.3 Å². The molecule has 2 aliphatic heterocycles. The minimum atomic E-state index is -5.88. The monoisotopic (exact) mass is 447 g/mol. The molecular formula is C19H20F3NO6S. The van der Waals surface area contributed by atoms with Crippen molar-refractivity contribution in [2.24, 2.45) is 0 Å². The van der Waals surface area contributed by atoms with Gasteiger partial charge in [-0.1, -0.05) is 6.07 Å². The molecule has 2 heterocycles. The molecule has 4 unspecified atom stereocenters. The van der Waals surface area contributed by atoms with Crippen molar-refractivity contribution in [3.8, 4) is 11.5 Å². The summed E-state index contributed by atoms with van der Waals surface area (Å²) in [5.41, 5.74) is -5.87. The van der Waals surface area contributed by atoms with E-state index < -0.39 is 38.5 Å². The Morgan fingerprint density at radius 3 is 2.67 bits per heavy atom. The van der Waals surface area contributed by atoms with Crippen LogP contribution in [0.3, 0.4) is 0 Å². The summed E-state index contributed by atoms with van der Waals surface area (Å²) in [6.45, 7) is 0.647. The van der Waals surface area contributed by atoms with Gasteiger partial charge in [-0.3, -0.25) is 4.79 Å². The van der Waals surface area contributed by atoms with E-state index in [0.717, 1.165) is 5.56 Å². The summed E-state index contributed by atoms with van der Waals surface area (Å²) in [4.78, 5) is 15.1. The predicted octanol–water partition coefficient (Wildman–Crippen LogP) is 1.92. The first-order chi connectivity index (χ1) is 14.0. The number of likely N-dealkylation sites (N-methyl/N-ethyl adjacent to an activating group) is 1. The number of ketones is 1. The van der Waals surface area contributed by atoms with Gasteiger partial charge in [-0.15, -0.1) is 0 Å². The number of alkyl halides is 3. The molecule has 2 aliphatic carbocycles. The fourth-order valence-electron chi connectivity index (χ4n) is 6.14. The molecule has 0 amide bonds. The lowest BCUT2D eigenvalue weighted by atomic mass is 9.49. The highest BCUT2D eigenvalue weighted by Crippen LogP contribution is 2.65. The zero-order valence-electron chi connectivity index (χ0n) is 16.3. The number of benzene rings is 1. The van der Waals surface area contributed by atoms with E-state index in [4.69, 9.17) is 9.47 Å². The Morgan fingerprint density at radius 1 is 1.27 bits per heavy atom. The van der Waals surface area contributed by atoms with Crippen LogP contribution in [0, 0.1) is 0 Å². The van der Waals surface area contributed by atoms with Crippen LogP contribution in [0.1, 0.15) is 30.4 Å². The Morgan fingerprint density at radius 2 is 2.00 bits per heavy atom. The molecule has 1 aromatic carbocycles. The highest BCUT2D eigenvalue weighted by atomic mass is 32.2. The fourth-order valence-corrected chi connectivity index (χ4v) is 6.61. The number of Topliss-reactive ketones (excluding diaryl/α,β-unsaturated/α-hetero) is 1. The molecule has 1 saturated heterocycles. The zero-order valence-corrected chi connectivity index (χ0v) is 17.1. The van der Waals surface area contributed by atoms with Crippen LogP contribution in [-0.4, -0.2) is 63.1 Å². The van der Waals surface area contributed by atoms with E-state index in [1.807, 2.05) is 7.05 Å². The van der Waals surface area contributed by atoms with Gasteiger partial charge in [-0.05, 0) is 44.5 Å². The maximum Gasteiger partial charge on any atom is 0.534 e. The standard InChI is InChI=1S/C19H20F3NO6S/c1-23-8-7-17-14-10-3-4-12(29-30(25,26)19(20,21)22)15(14)28-16(17)11(24)5-6-18(17,27-2)13(23)9-10/h3-4,13,16H,5-9H2,1-2H3. The summed E-state index contributed by atoms with van der Waals surface area (Å²) in [5, 5.41) is 0. The summed E-state index contributed by atoms with van der Waals surface area (Å²) in [5.74, 6) is -0.810. The summed E-state index contributed by atoms with van der Waals surface area (Å²) in [7, 11) is -2.32. The highest BCUT2D eigenvalue weighted by Gasteiger charge is 2.73. The third-order valence-electron chi connectivity index (χ3n) is 7.32. The number of nitrogens with zero attached hydrogens (tertiary/aromatic N) is 1. The maximum absolute atomic E-state index is 12.9. The van der Waals surface area contributed by atoms with Crippen LogP contribution in [0.15, 0.2) is 12.1 Å². The summed E-state index contributed by atoms with van der Waals surface area (Å²) in [6.07, 6.45) is 0.771. The first-order valence-electron chi connectivity index (χ1n) is 9.60. The molecule has 0 radical (unpaired) electrons. The number of carbonyl (C=O) groups is 1. The average molecular weight is 447 g/mol. The van der Waals surface area contributed by atoms with Crippen molar-refractivity contribution in [2.45, 2.75) is 54.4 Å². The molecule has 4 atom stereocenters. The van der Waals surface area contributed by atoms with Gasteiger partial charge in [0.2, 0.25) is 0 Å². The zero-order chi connectivity index (χ0) is 21.7. The summed E-state index contributed by atoms with van der Waals surface area (Å²) in [6, 6.07) is 2.70. The van der Waals surface area contributed by atoms with Crippen molar-refractivity contribution >= 4 is 15.9 Å². The van der Waals surface area contributed by atoms with Crippen molar-refractivity contribution in [1.29, 1.82) is 0 Å². The van der Waals surface area contributed by atoms with Crippen LogP contribution in [0.4, 0.5) is 13.2 Å². The molecule has 1 aromatic rings. The van der Waals surface area contributed by atoms with Crippen molar-refractivity contribution in [2.75, 3.05) is 20.7 Å². The van der Waals surface area contributed by atoms with E-state index >= 15 is 0 Å². The van der Waals surface area contributed by atoms with Gasteiger partial charge in [0.25, 0.3) is 0 Å². The Balaban J connectivity index is 1.75. The van der Waals surface area contributed by atoms with E-state index in [1.165, 1.54) is 6.07 Å². The number of ether oxygens (including phenoxy) is 2. The molecular weight excluding hydrogens is 427 g/mol. The second kappa shape index (κ2) is 5.89. The summed E-state index contributed by atoms with van der Waals surface area (Å²) >= 11 is 0. The number of piperidine rings is 1. The molecule has 30 heavy (non-hydrogen) atoms. The summed E-state index contributed by atoms with van der Waals surface area (Å²) < 4.78 is 78.5. The lowest BCUT2D eigenvalue weighted by Crippen LogP contribution is -2.76. The second-order valence-electron chi connectivity index (χ2n) is 8.39. The van der Waals surface area contributed by atoms with Crippen LogP contribution in [-0.2, 0) is 31.5 Å². The molecule has 7 nitrogen and oxygen atoms in total. The average Bonchev–Trinajstić information content (AvgIpc) is 3.03. The van der Waals surface area contributed by atoms with Crippen LogP contribution in [0.25, 0.3) is 0 Å². The topological polar surface area (TPSA) is 82.1 Å². The number of carbonyl (C=O) groups excluding carboxylic acids is 1. The Bertz CT molecular complexity index is 1060. The number of likely N-dealkylation sites (tertiary alicyclic amines) is 1. The number of hydrogen-bond donors (Lipinski definition) is 0. The minimum absolute atomic E-state index is 0.0421. The third kappa shape index (κ3) is 2.18. The first-order valence-corrected chi connectivity index (χ1v) is 11.0. The molecule has 5 rings (SSSR count). The van der Waals surface area contributed by atoms with Gasteiger partial charge in [-0.2, -0.15) is 21.6 Å². The van der Waals surface area contributed by atoms with E-state index in [1.54, 1.807) is 13.2 Å². The van der Waals surface area contributed by atoms with Gasteiger partial charge in [0.05, 0.1) is 11.0 Å². The van der Waals surface area contributed by atoms with Crippen molar-refractivity contribution in [3.63, 3.8) is 0 Å². The minimum Gasteiger partial charge on any atom is -0.477 e. The van der Waals surface area contributed by atoms with Crippen molar-refractivity contribution in [1.82, 2.24) is 4.90 Å². The smallest absolute Gasteiger partial charge is 0.477 e. The van der Waals surface area contributed by atoms with Gasteiger partial charge in [0.15, 0.2) is 23.4 Å². The van der Waals surface area contributed by atoms with Crippen LogP contribution < -0.4 is 8.92 Å². The van der Waals surface area contributed by atoms with Gasteiger partial charge in [0, 0.05) is 25.1 Å². The Labute approximate surface area is 171 Å². The highest BCUT2D eigenvalue weighted by molar-refractivity contribution is 7.88. The lowest BCUT2D eigenvalue weighted by Gasteiger charge is -2.63. The molecule has 0 N–H and O–H groups in total. The van der Waals surface area contributed by atoms with Gasteiger partial charge in [-0.25, -0.2) is 0 Å². The Hall–Kier alpha value is -1.85. The van der Waals surface area contributed by atoms with Gasteiger partial charge >= 0.3 is 15.6 Å². The number of halogens is 3. The van der Waals surface area contributed by atoms with Gasteiger partial charge < -0.3 is 18.6 Å². The van der Waals surface area contributed by atoms with Crippen molar-refractivity contribution < 1.29 is 40.0 Å². The SMILES string of the molecule is COC12CCC(=O)C3Oc4c(OS(=O)(=O)C(F)(F)F)ccc5c4C31CCN(C)C2C5. The fraction of sp³-hybridized carbons (Fsp3) is 0.632. The molecule has 1 saturated carbocycles. The lowest BCUT2D eigenvalue weighted by molar-refractivity contribution is -0.198.